The fraction of sp³-hybridized carbons (Fsp3) is 0.769. The van der Waals surface area contributed by atoms with E-state index in [2.05, 4.69) is 13.5 Å². The van der Waals surface area contributed by atoms with Crippen molar-refractivity contribution in [1.29, 1.82) is 0 Å². The molecular weight excluding hydrogens is 188 g/mol. The number of ether oxygens (including phenoxy) is 1. The third-order valence-corrected chi connectivity index (χ3v) is 3.38. The van der Waals surface area contributed by atoms with E-state index < -0.39 is 0 Å². The number of hydrogen-bond acceptors (Lipinski definition) is 2. The van der Waals surface area contributed by atoms with Crippen molar-refractivity contribution in [3.8, 4) is 0 Å². The minimum absolute atomic E-state index is 0.270. The Morgan fingerprint density at radius 2 is 2.07 bits per heavy atom. The van der Waals surface area contributed by atoms with E-state index >= 15 is 0 Å². The zero-order valence-electron chi connectivity index (χ0n) is 9.76. The van der Waals surface area contributed by atoms with Gasteiger partial charge in [0.1, 0.15) is 0 Å². The van der Waals surface area contributed by atoms with Gasteiger partial charge in [0.2, 0.25) is 0 Å². The molecule has 0 N–H and O–H groups in total. The Bertz CT molecular complexity index is 209. The molecular formula is C13H22O2. The quantitative estimate of drug-likeness (QED) is 0.513. The van der Waals surface area contributed by atoms with Crippen molar-refractivity contribution in [3.05, 3.63) is 12.7 Å². The summed E-state index contributed by atoms with van der Waals surface area (Å²) in [6.07, 6.45) is 9.93. The van der Waals surface area contributed by atoms with E-state index in [1.54, 1.807) is 0 Å². The zero-order valence-corrected chi connectivity index (χ0v) is 9.76. The van der Waals surface area contributed by atoms with Crippen LogP contribution in [0.15, 0.2) is 12.7 Å². The molecule has 0 aromatic heterocycles. The molecule has 15 heavy (non-hydrogen) atoms. The summed E-state index contributed by atoms with van der Waals surface area (Å²) in [5.74, 6) is -0.281. The highest BCUT2D eigenvalue weighted by Gasteiger charge is 2.32. The van der Waals surface area contributed by atoms with Gasteiger partial charge in [-0.05, 0) is 19.3 Å². The van der Waals surface area contributed by atoms with Crippen molar-refractivity contribution in [2.75, 3.05) is 6.61 Å². The van der Waals surface area contributed by atoms with E-state index in [1.807, 2.05) is 0 Å². The van der Waals surface area contributed by atoms with Crippen LogP contribution in [0.1, 0.15) is 51.9 Å². The molecule has 0 heterocycles. The third kappa shape index (κ3) is 3.69. The van der Waals surface area contributed by atoms with Crippen LogP contribution in [0, 0.1) is 5.41 Å². The summed E-state index contributed by atoms with van der Waals surface area (Å²) in [6.45, 7) is 6.21. The first kappa shape index (κ1) is 12.3. The molecule has 1 fully saturated rings. The van der Waals surface area contributed by atoms with Crippen LogP contribution in [0.25, 0.3) is 0 Å². The molecule has 86 valence electrons. The molecule has 1 aliphatic rings. The van der Waals surface area contributed by atoms with Crippen molar-refractivity contribution < 1.29 is 9.53 Å². The average Bonchev–Trinajstić information content (AvgIpc) is 2.28. The first-order valence-electron chi connectivity index (χ1n) is 6.02. The summed E-state index contributed by atoms with van der Waals surface area (Å²) in [6, 6.07) is 0. The lowest BCUT2D eigenvalue weighted by atomic mass is 9.72. The average molecular weight is 210 g/mol. The largest absolute Gasteiger partial charge is 0.462 e. The fourth-order valence-corrected chi connectivity index (χ4v) is 2.58. The highest BCUT2D eigenvalue weighted by molar-refractivity contribution is 5.81. The Morgan fingerprint density at radius 1 is 1.40 bits per heavy atom. The van der Waals surface area contributed by atoms with E-state index in [0.717, 1.165) is 0 Å². The minimum Gasteiger partial charge on any atom is -0.462 e. The van der Waals surface area contributed by atoms with Crippen LogP contribution < -0.4 is 0 Å². The molecule has 0 aromatic rings. The first-order valence-corrected chi connectivity index (χ1v) is 6.02. The molecule has 1 rings (SSSR count). The number of carbonyl (C=O) groups is 1. The third-order valence-electron chi connectivity index (χ3n) is 3.38. The maximum absolute atomic E-state index is 11.1. The van der Waals surface area contributed by atoms with Gasteiger partial charge in [-0.1, -0.05) is 39.2 Å². The second kappa shape index (κ2) is 5.94. The van der Waals surface area contributed by atoms with Crippen LogP contribution in [0.3, 0.4) is 0 Å². The Labute approximate surface area is 92.7 Å². The highest BCUT2D eigenvalue weighted by Crippen LogP contribution is 2.40. The second-order valence-corrected chi connectivity index (χ2v) is 4.62. The van der Waals surface area contributed by atoms with Crippen LogP contribution in [-0.2, 0) is 9.53 Å². The van der Waals surface area contributed by atoms with Gasteiger partial charge in [-0.15, -0.1) is 0 Å². The Balaban J connectivity index is 2.48. The molecule has 1 aliphatic carbocycles. The number of hydrogen-bond donors (Lipinski definition) is 0. The summed E-state index contributed by atoms with van der Waals surface area (Å²) >= 11 is 0. The van der Waals surface area contributed by atoms with E-state index in [1.165, 1.54) is 51.0 Å². The summed E-state index contributed by atoms with van der Waals surface area (Å²) in [5, 5.41) is 0. The molecule has 0 aromatic carbocycles. The van der Waals surface area contributed by atoms with E-state index in [0.29, 0.717) is 6.61 Å². The second-order valence-electron chi connectivity index (χ2n) is 4.62. The molecule has 0 saturated heterocycles. The van der Waals surface area contributed by atoms with Crippen molar-refractivity contribution in [2.45, 2.75) is 51.9 Å². The number of carbonyl (C=O) groups excluding carboxylic acids is 1. The molecule has 0 amide bonds. The van der Waals surface area contributed by atoms with Gasteiger partial charge in [0.25, 0.3) is 0 Å². The standard InChI is InChI=1S/C13H22O2/c1-3-8-13(9-6-5-7-10-13)11-15-12(14)4-2/h4H,2-3,5-11H2,1H3. The molecule has 2 heteroatoms. The molecule has 0 spiro atoms. The summed E-state index contributed by atoms with van der Waals surface area (Å²) in [4.78, 5) is 11.1. The van der Waals surface area contributed by atoms with E-state index in [-0.39, 0.29) is 11.4 Å². The van der Waals surface area contributed by atoms with Crippen molar-refractivity contribution >= 4 is 5.97 Å². The molecule has 2 nitrogen and oxygen atoms in total. The van der Waals surface area contributed by atoms with Gasteiger partial charge in [-0.3, -0.25) is 0 Å². The lowest BCUT2D eigenvalue weighted by molar-refractivity contribution is -0.142. The van der Waals surface area contributed by atoms with Crippen LogP contribution >= 0.6 is 0 Å². The smallest absolute Gasteiger partial charge is 0.330 e. The van der Waals surface area contributed by atoms with Gasteiger partial charge in [0.15, 0.2) is 0 Å². The predicted molar refractivity (Wildman–Crippen MR) is 61.6 cm³/mol. The van der Waals surface area contributed by atoms with Gasteiger partial charge in [0, 0.05) is 11.5 Å². The van der Waals surface area contributed by atoms with Crippen LogP contribution in [0.5, 0.6) is 0 Å². The van der Waals surface area contributed by atoms with Gasteiger partial charge >= 0.3 is 5.97 Å². The normalized spacial score (nSPS) is 19.5. The lowest BCUT2D eigenvalue weighted by Crippen LogP contribution is -2.30. The SMILES string of the molecule is C=CC(=O)OCC1(CCC)CCCCC1. The summed E-state index contributed by atoms with van der Waals surface area (Å²) < 4.78 is 5.23. The van der Waals surface area contributed by atoms with Crippen molar-refractivity contribution in [2.24, 2.45) is 5.41 Å². The molecule has 1 saturated carbocycles. The lowest BCUT2D eigenvalue weighted by Gasteiger charge is -2.36. The summed E-state index contributed by atoms with van der Waals surface area (Å²) in [7, 11) is 0. The van der Waals surface area contributed by atoms with Gasteiger partial charge in [-0.25, -0.2) is 4.79 Å². The topological polar surface area (TPSA) is 26.3 Å². The molecule has 0 bridgehead atoms. The zero-order chi connectivity index (χ0) is 11.1. The van der Waals surface area contributed by atoms with Crippen molar-refractivity contribution in [3.63, 3.8) is 0 Å². The number of rotatable bonds is 5. The first-order chi connectivity index (χ1) is 7.22. The maximum Gasteiger partial charge on any atom is 0.330 e. The van der Waals surface area contributed by atoms with Crippen LogP contribution in [-0.4, -0.2) is 12.6 Å². The maximum atomic E-state index is 11.1. The van der Waals surface area contributed by atoms with Gasteiger partial charge in [-0.2, -0.15) is 0 Å². The molecule has 0 unspecified atom stereocenters. The number of esters is 1. The van der Waals surface area contributed by atoms with Crippen LogP contribution in [0.2, 0.25) is 0 Å². The highest BCUT2D eigenvalue weighted by atomic mass is 16.5. The van der Waals surface area contributed by atoms with E-state index in [4.69, 9.17) is 4.74 Å². The predicted octanol–water partition coefficient (Wildman–Crippen LogP) is 3.47. The Morgan fingerprint density at radius 3 is 2.60 bits per heavy atom. The molecule has 0 atom stereocenters. The molecule has 0 aliphatic heterocycles. The van der Waals surface area contributed by atoms with Gasteiger partial charge < -0.3 is 4.74 Å². The molecule has 0 radical (unpaired) electrons. The fourth-order valence-electron chi connectivity index (χ4n) is 2.58. The monoisotopic (exact) mass is 210 g/mol. The summed E-state index contributed by atoms with van der Waals surface area (Å²) in [5.41, 5.74) is 0.270. The van der Waals surface area contributed by atoms with Crippen molar-refractivity contribution in [1.82, 2.24) is 0 Å². The van der Waals surface area contributed by atoms with Crippen LogP contribution in [0.4, 0.5) is 0 Å². The van der Waals surface area contributed by atoms with E-state index in [9.17, 15) is 4.79 Å². The van der Waals surface area contributed by atoms with Gasteiger partial charge in [0.05, 0.1) is 6.61 Å². The Hall–Kier alpha value is -0.790. The minimum atomic E-state index is -0.281. The Kier molecular flexibility index (Phi) is 4.86.